The fourth-order valence-electron chi connectivity index (χ4n) is 2.68. The molecular weight excluding hydrogens is 194 g/mol. The summed E-state index contributed by atoms with van der Waals surface area (Å²) < 4.78 is 0. The molecule has 1 aliphatic heterocycles. The molecule has 1 heterocycles. The van der Waals surface area contributed by atoms with E-state index in [1.165, 1.54) is 6.92 Å². The minimum Gasteiger partial charge on any atom is -0.368 e. The molecular formula is C11H17NO3. The fourth-order valence-corrected chi connectivity index (χ4v) is 2.68. The average Bonchev–Trinajstić information content (AvgIpc) is 2.22. The highest BCUT2D eigenvalue weighted by Gasteiger charge is 2.39. The number of ketones is 1. The van der Waals surface area contributed by atoms with Crippen LogP contribution in [0.3, 0.4) is 0 Å². The molecule has 0 aromatic carbocycles. The van der Waals surface area contributed by atoms with E-state index in [0.29, 0.717) is 18.7 Å². The molecule has 1 saturated carbocycles. The summed E-state index contributed by atoms with van der Waals surface area (Å²) in [5.41, 5.74) is 0. The maximum atomic E-state index is 11.7. The smallest absolute Gasteiger partial charge is 0.322 e. The molecule has 15 heavy (non-hydrogen) atoms. The monoisotopic (exact) mass is 211 g/mol. The number of fused-ring (bicyclic) bond motifs is 1. The van der Waals surface area contributed by atoms with Gasteiger partial charge in [-0.15, -0.1) is 5.06 Å². The molecule has 84 valence electrons. The lowest BCUT2D eigenvalue weighted by Gasteiger charge is -2.41. The SMILES string of the molecule is CC(=O)ON1CCC(=O)C2CCCCC21. The van der Waals surface area contributed by atoms with E-state index in [1.54, 1.807) is 5.06 Å². The van der Waals surface area contributed by atoms with Gasteiger partial charge in [0, 0.05) is 25.8 Å². The average molecular weight is 211 g/mol. The fraction of sp³-hybridized carbons (Fsp3) is 0.818. The Balaban J connectivity index is 2.06. The maximum absolute atomic E-state index is 11.7. The summed E-state index contributed by atoms with van der Waals surface area (Å²) in [6, 6.07) is 0.142. The van der Waals surface area contributed by atoms with Crippen molar-refractivity contribution >= 4 is 11.8 Å². The highest BCUT2D eigenvalue weighted by atomic mass is 16.7. The molecule has 0 aromatic heterocycles. The Morgan fingerprint density at radius 2 is 2.13 bits per heavy atom. The summed E-state index contributed by atoms with van der Waals surface area (Å²) >= 11 is 0. The molecule has 2 rings (SSSR count). The molecule has 0 N–H and O–H groups in total. The predicted octanol–water partition coefficient (Wildman–Crippen LogP) is 1.30. The topological polar surface area (TPSA) is 46.6 Å². The minimum absolute atomic E-state index is 0.104. The third-order valence-electron chi connectivity index (χ3n) is 3.34. The van der Waals surface area contributed by atoms with Crippen molar-refractivity contribution in [2.45, 2.75) is 45.1 Å². The van der Waals surface area contributed by atoms with Crippen molar-refractivity contribution in [3.05, 3.63) is 0 Å². The molecule has 2 unspecified atom stereocenters. The van der Waals surface area contributed by atoms with E-state index in [2.05, 4.69) is 0 Å². The van der Waals surface area contributed by atoms with Crippen LogP contribution in [0.5, 0.6) is 0 Å². The number of hydrogen-bond acceptors (Lipinski definition) is 4. The van der Waals surface area contributed by atoms with Gasteiger partial charge in [0.15, 0.2) is 0 Å². The summed E-state index contributed by atoms with van der Waals surface area (Å²) in [6.45, 7) is 1.98. The summed E-state index contributed by atoms with van der Waals surface area (Å²) in [5, 5.41) is 1.73. The first-order valence-corrected chi connectivity index (χ1v) is 5.66. The maximum Gasteiger partial charge on any atom is 0.322 e. The third kappa shape index (κ3) is 2.20. The lowest BCUT2D eigenvalue weighted by atomic mass is 9.78. The molecule has 0 aromatic rings. The largest absolute Gasteiger partial charge is 0.368 e. The molecule has 1 aliphatic carbocycles. The van der Waals surface area contributed by atoms with Gasteiger partial charge in [-0.1, -0.05) is 12.8 Å². The second-order valence-corrected chi connectivity index (χ2v) is 4.40. The van der Waals surface area contributed by atoms with Crippen LogP contribution in [0.2, 0.25) is 0 Å². The van der Waals surface area contributed by atoms with Gasteiger partial charge in [-0.25, -0.2) is 0 Å². The summed E-state index contributed by atoms with van der Waals surface area (Å²) in [5.74, 6) is 0.170. The van der Waals surface area contributed by atoms with E-state index in [-0.39, 0.29) is 17.9 Å². The Bertz CT molecular complexity index is 277. The van der Waals surface area contributed by atoms with E-state index >= 15 is 0 Å². The molecule has 1 saturated heterocycles. The van der Waals surface area contributed by atoms with Gasteiger partial charge in [0.25, 0.3) is 0 Å². The van der Waals surface area contributed by atoms with Gasteiger partial charge in [0.2, 0.25) is 0 Å². The van der Waals surface area contributed by atoms with Gasteiger partial charge in [0.05, 0.1) is 6.04 Å². The Kier molecular flexibility index (Phi) is 3.05. The van der Waals surface area contributed by atoms with Crippen LogP contribution < -0.4 is 0 Å². The second-order valence-electron chi connectivity index (χ2n) is 4.40. The van der Waals surface area contributed by atoms with Gasteiger partial charge in [-0.05, 0) is 12.8 Å². The first-order chi connectivity index (χ1) is 7.18. The lowest BCUT2D eigenvalue weighted by molar-refractivity contribution is -0.215. The number of nitrogens with zero attached hydrogens (tertiary/aromatic N) is 1. The molecule has 4 nitrogen and oxygen atoms in total. The van der Waals surface area contributed by atoms with Crippen LogP contribution in [0, 0.1) is 5.92 Å². The Morgan fingerprint density at radius 1 is 1.40 bits per heavy atom. The van der Waals surface area contributed by atoms with Gasteiger partial charge in [-0.2, -0.15) is 0 Å². The van der Waals surface area contributed by atoms with E-state index in [0.717, 1.165) is 25.7 Å². The van der Waals surface area contributed by atoms with Crippen LogP contribution in [-0.2, 0) is 14.4 Å². The highest BCUT2D eigenvalue weighted by molar-refractivity contribution is 5.82. The van der Waals surface area contributed by atoms with Gasteiger partial charge in [-0.3, -0.25) is 9.59 Å². The quantitative estimate of drug-likeness (QED) is 0.656. The Hall–Kier alpha value is -0.900. The first-order valence-electron chi connectivity index (χ1n) is 5.66. The summed E-state index contributed by atoms with van der Waals surface area (Å²) in [7, 11) is 0. The number of Topliss-reactive ketones (excluding diaryl/α,β-unsaturated/α-hetero) is 1. The lowest BCUT2D eigenvalue weighted by Crippen LogP contribution is -2.51. The van der Waals surface area contributed by atoms with Crippen molar-refractivity contribution in [2.75, 3.05) is 6.54 Å². The molecule has 0 bridgehead atoms. The summed E-state index contributed by atoms with van der Waals surface area (Å²) in [4.78, 5) is 27.8. The van der Waals surface area contributed by atoms with E-state index in [4.69, 9.17) is 4.84 Å². The number of carbonyl (C=O) groups is 2. The normalized spacial score (nSPS) is 32.2. The van der Waals surface area contributed by atoms with Crippen molar-refractivity contribution in [3.63, 3.8) is 0 Å². The molecule has 0 amide bonds. The van der Waals surface area contributed by atoms with Gasteiger partial charge >= 0.3 is 5.97 Å². The number of hydrogen-bond donors (Lipinski definition) is 0. The molecule has 0 radical (unpaired) electrons. The van der Waals surface area contributed by atoms with Crippen LogP contribution >= 0.6 is 0 Å². The van der Waals surface area contributed by atoms with Crippen LogP contribution in [0.4, 0.5) is 0 Å². The number of hydroxylamine groups is 2. The first kappa shape index (κ1) is 10.6. The van der Waals surface area contributed by atoms with Crippen molar-refractivity contribution in [1.82, 2.24) is 5.06 Å². The molecule has 2 fully saturated rings. The zero-order valence-electron chi connectivity index (χ0n) is 9.07. The second kappa shape index (κ2) is 4.31. The van der Waals surface area contributed by atoms with Gasteiger partial charge < -0.3 is 4.84 Å². The molecule has 2 atom stereocenters. The van der Waals surface area contributed by atoms with Gasteiger partial charge in [0.1, 0.15) is 5.78 Å². The number of rotatable bonds is 1. The standard InChI is InChI=1S/C11H17NO3/c1-8(13)15-12-7-6-11(14)9-4-2-3-5-10(9)12/h9-10H,2-7H2,1H3. The van der Waals surface area contributed by atoms with Crippen LogP contribution in [-0.4, -0.2) is 29.4 Å². The molecule has 4 heteroatoms. The van der Waals surface area contributed by atoms with E-state index in [9.17, 15) is 9.59 Å². The molecule has 2 aliphatic rings. The predicted molar refractivity (Wildman–Crippen MR) is 53.8 cm³/mol. The Morgan fingerprint density at radius 3 is 2.87 bits per heavy atom. The van der Waals surface area contributed by atoms with Crippen LogP contribution in [0.25, 0.3) is 0 Å². The number of piperidine rings is 1. The van der Waals surface area contributed by atoms with E-state index in [1.807, 2.05) is 0 Å². The van der Waals surface area contributed by atoms with Crippen molar-refractivity contribution in [3.8, 4) is 0 Å². The highest BCUT2D eigenvalue weighted by Crippen LogP contribution is 2.33. The van der Waals surface area contributed by atoms with Crippen LogP contribution in [0.1, 0.15) is 39.0 Å². The van der Waals surface area contributed by atoms with Crippen molar-refractivity contribution in [1.29, 1.82) is 0 Å². The Labute approximate surface area is 89.5 Å². The van der Waals surface area contributed by atoms with Crippen LogP contribution in [0.15, 0.2) is 0 Å². The zero-order chi connectivity index (χ0) is 10.8. The number of carbonyl (C=O) groups excluding carboxylic acids is 2. The van der Waals surface area contributed by atoms with Crippen molar-refractivity contribution in [2.24, 2.45) is 5.92 Å². The third-order valence-corrected chi connectivity index (χ3v) is 3.34. The zero-order valence-corrected chi connectivity index (χ0v) is 9.07. The molecule has 0 spiro atoms. The minimum atomic E-state index is -0.284. The van der Waals surface area contributed by atoms with Crippen molar-refractivity contribution < 1.29 is 14.4 Å². The summed E-state index contributed by atoms with van der Waals surface area (Å²) in [6.07, 6.45) is 4.71. The van der Waals surface area contributed by atoms with E-state index < -0.39 is 0 Å².